The number of hydrogen-bond donors (Lipinski definition) is 2. The third-order valence-corrected chi connectivity index (χ3v) is 3.48. The normalized spacial score (nSPS) is 10.6. The van der Waals surface area contributed by atoms with Crippen LogP contribution in [0.3, 0.4) is 0 Å². The van der Waals surface area contributed by atoms with Gasteiger partial charge in [0, 0.05) is 0 Å². The zero-order valence-corrected chi connectivity index (χ0v) is 14.4. The lowest BCUT2D eigenvalue weighted by Gasteiger charge is -2.10. The number of nitrogens with one attached hydrogen (secondary N) is 1. The lowest BCUT2D eigenvalue weighted by molar-refractivity contribution is 0.0697. The van der Waals surface area contributed by atoms with Crippen LogP contribution in [0, 0.1) is 0 Å². The van der Waals surface area contributed by atoms with E-state index in [9.17, 15) is 4.79 Å². The molecule has 0 fully saturated rings. The molecule has 0 unspecified atom stereocenters. The fourth-order valence-electron chi connectivity index (χ4n) is 2.08. The van der Waals surface area contributed by atoms with Gasteiger partial charge in [-0.15, -0.1) is 0 Å². The van der Waals surface area contributed by atoms with E-state index in [4.69, 9.17) is 14.6 Å². The number of carboxylic acids is 1. The van der Waals surface area contributed by atoms with E-state index in [-0.39, 0.29) is 5.56 Å². The molecule has 2 rings (SSSR count). The minimum Gasteiger partial charge on any atom is -0.493 e. The van der Waals surface area contributed by atoms with Crippen LogP contribution in [0.2, 0.25) is 0 Å². The Kier molecular flexibility index (Phi) is 6.83. The summed E-state index contributed by atoms with van der Waals surface area (Å²) in [6, 6.07) is 12.0. The van der Waals surface area contributed by atoms with Gasteiger partial charge in [-0.2, -0.15) is 5.10 Å². The van der Waals surface area contributed by atoms with Crippen LogP contribution in [0.1, 0.15) is 35.7 Å². The van der Waals surface area contributed by atoms with E-state index >= 15 is 0 Å². The third kappa shape index (κ3) is 5.53. The lowest BCUT2D eigenvalue weighted by Crippen LogP contribution is -1.99. The molecule has 0 saturated carbocycles. The number of carboxylic acid groups (broad SMARTS) is 1. The van der Waals surface area contributed by atoms with E-state index < -0.39 is 5.97 Å². The number of carbonyl (C=O) groups is 1. The summed E-state index contributed by atoms with van der Waals surface area (Å²) in [5.74, 6) is 0.416. The van der Waals surface area contributed by atoms with Gasteiger partial charge in [0.2, 0.25) is 0 Å². The molecular formula is C19H22N2O4. The minimum atomic E-state index is -0.955. The van der Waals surface area contributed by atoms with E-state index in [0.717, 1.165) is 18.4 Å². The quantitative estimate of drug-likeness (QED) is 0.409. The molecular weight excluding hydrogens is 320 g/mol. The first-order valence-corrected chi connectivity index (χ1v) is 8.07. The number of aromatic carboxylic acids is 1. The highest BCUT2D eigenvalue weighted by Crippen LogP contribution is 2.27. The number of hydrogen-bond acceptors (Lipinski definition) is 5. The number of unbranched alkanes of at least 4 members (excludes halogenated alkanes) is 1. The van der Waals surface area contributed by atoms with Crippen molar-refractivity contribution < 1.29 is 19.4 Å². The monoisotopic (exact) mass is 342 g/mol. The topological polar surface area (TPSA) is 80.2 Å². The van der Waals surface area contributed by atoms with Gasteiger partial charge < -0.3 is 14.6 Å². The van der Waals surface area contributed by atoms with Crippen molar-refractivity contribution in [2.24, 2.45) is 5.10 Å². The highest BCUT2D eigenvalue weighted by atomic mass is 16.5. The molecule has 0 bridgehead atoms. The molecule has 2 N–H and O–H groups in total. The van der Waals surface area contributed by atoms with Crippen molar-refractivity contribution in [3.8, 4) is 11.5 Å². The van der Waals surface area contributed by atoms with Crippen molar-refractivity contribution in [3.63, 3.8) is 0 Å². The van der Waals surface area contributed by atoms with Crippen LogP contribution in [0.25, 0.3) is 0 Å². The third-order valence-electron chi connectivity index (χ3n) is 3.48. The van der Waals surface area contributed by atoms with Crippen molar-refractivity contribution in [2.75, 3.05) is 19.1 Å². The number of methoxy groups -OCH3 is 1. The van der Waals surface area contributed by atoms with Gasteiger partial charge in [-0.1, -0.05) is 13.3 Å². The summed E-state index contributed by atoms with van der Waals surface area (Å²) in [7, 11) is 1.60. The summed E-state index contributed by atoms with van der Waals surface area (Å²) in [6.45, 7) is 2.77. The maximum absolute atomic E-state index is 10.8. The second kappa shape index (κ2) is 9.32. The van der Waals surface area contributed by atoms with Gasteiger partial charge in [-0.3, -0.25) is 5.43 Å². The van der Waals surface area contributed by atoms with Gasteiger partial charge in [0.1, 0.15) is 0 Å². The Hall–Kier alpha value is -3.02. The fourth-order valence-corrected chi connectivity index (χ4v) is 2.08. The summed E-state index contributed by atoms with van der Waals surface area (Å²) in [4.78, 5) is 10.8. The second-order valence-electron chi connectivity index (χ2n) is 5.36. The summed E-state index contributed by atoms with van der Waals surface area (Å²) in [5, 5.41) is 13.0. The molecule has 132 valence electrons. The predicted octanol–water partition coefficient (Wildman–Crippen LogP) is 4.02. The molecule has 2 aromatic carbocycles. The first-order valence-electron chi connectivity index (χ1n) is 8.07. The van der Waals surface area contributed by atoms with Crippen molar-refractivity contribution in [3.05, 3.63) is 53.6 Å². The molecule has 0 amide bonds. The Morgan fingerprint density at radius 3 is 2.60 bits per heavy atom. The molecule has 2 aromatic rings. The molecule has 0 aromatic heterocycles. The Morgan fingerprint density at radius 2 is 1.96 bits per heavy atom. The maximum atomic E-state index is 10.8. The molecule has 6 nitrogen and oxygen atoms in total. The molecule has 0 aliphatic heterocycles. The van der Waals surface area contributed by atoms with Crippen LogP contribution in [-0.4, -0.2) is 31.0 Å². The van der Waals surface area contributed by atoms with Crippen molar-refractivity contribution in [1.29, 1.82) is 0 Å². The van der Waals surface area contributed by atoms with E-state index in [0.29, 0.717) is 23.8 Å². The van der Waals surface area contributed by atoms with Crippen LogP contribution < -0.4 is 14.9 Å². The van der Waals surface area contributed by atoms with Gasteiger partial charge in [-0.25, -0.2) is 4.79 Å². The number of benzene rings is 2. The zero-order chi connectivity index (χ0) is 18.1. The van der Waals surface area contributed by atoms with Crippen LogP contribution in [0.5, 0.6) is 11.5 Å². The maximum Gasteiger partial charge on any atom is 0.335 e. The summed E-state index contributed by atoms with van der Waals surface area (Å²) < 4.78 is 11.0. The SMILES string of the molecule is CCCCOc1ccc(C=NNc2ccc(C(=O)O)cc2)cc1OC. The average Bonchev–Trinajstić information content (AvgIpc) is 2.63. The minimum absolute atomic E-state index is 0.234. The molecule has 6 heteroatoms. The first kappa shape index (κ1) is 18.3. The molecule has 0 radical (unpaired) electrons. The van der Waals surface area contributed by atoms with Crippen LogP contribution in [0.4, 0.5) is 5.69 Å². The Balaban J connectivity index is 1.99. The number of nitrogens with zero attached hydrogens (tertiary/aromatic N) is 1. The van der Waals surface area contributed by atoms with Gasteiger partial charge in [-0.05, 0) is 54.4 Å². The molecule has 0 heterocycles. The molecule has 0 aliphatic carbocycles. The summed E-state index contributed by atoms with van der Waals surface area (Å²) >= 11 is 0. The highest BCUT2D eigenvalue weighted by molar-refractivity contribution is 5.88. The Labute approximate surface area is 147 Å². The summed E-state index contributed by atoms with van der Waals surface area (Å²) in [5.41, 5.74) is 4.65. The summed E-state index contributed by atoms with van der Waals surface area (Å²) in [6.07, 6.45) is 3.73. The standard InChI is InChI=1S/C19H22N2O4/c1-3-4-11-25-17-10-5-14(12-18(17)24-2)13-20-21-16-8-6-15(7-9-16)19(22)23/h5-10,12-13,21H,3-4,11H2,1-2H3,(H,22,23). The van der Waals surface area contributed by atoms with E-state index in [1.165, 1.54) is 12.1 Å². The van der Waals surface area contributed by atoms with Gasteiger partial charge >= 0.3 is 5.97 Å². The molecule has 25 heavy (non-hydrogen) atoms. The van der Waals surface area contributed by atoms with Crippen molar-refractivity contribution in [1.82, 2.24) is 0 Å². The average molecular weight is 342 g/mol. The van der Waals surface area contributed by atoms with Crippen molar-refractivity contribution in [2.45, 2.75) is 19.8 Å². The zero-order valence-electron chi connectivity index (χ0n) is 14.4. The van der Waals surface area contributed by atoms with Crippen LogP contribution >= 0.6 is 0 Å². The number of hydrazone groups is 1. The largest absolute Gasteiger partial charge is 0.493 e. The highest BCUT2D eigenvalue weighted by Gasteiger charge is 2.05. The van der Waals surface area contributed by atoms with E-state index in [2.05, 4.69) is 17.5 Å². The predicted molar refractivity (Wildman–Crippen MR) is 98.0 cm³/mol. The Bertz CT molecular complexity index is 727. The molecule has 0 spiro atoms. The number of ether oxygens (including phenoxy) is 2. The Morgan fingerprint density at radius 1 is 1.20 bits per heavy atom. The lowest BCUT2D eigenvalue weighted by atomic mass is 10.2. The molecule has 0 atom stereocenters. The molecule has 0 aliphatic rings. The van der Waals surface area contributed by atoms with E-state index in [1.54, 1.807) is 25.5 Å². The van der Waals surface area contributed by atoms with Gasteiger partial charge in [0.15, 0.2) is 11.5 Å². The second-order valence-corrected chi connectivity index (χ2v) is 5.36. The number of rotatable bonds is 9. The van der Waals surface area contributed by atoms with Gasteiger partial charge in [0.25, 0.3) is 0 Å². The smallest absolute Gasteiger partial charge is 0.335 e. The van der Waals surface area contributed by atoms with E-state index in [1.807, 2.05) is 18.2 Å². The van der Waals surface area contributed by atoms with Gasteiger partial charge in [0.05, 0.1) is 31.2 Å². The van der Waals surface area contributed by atoms with Crippen LogP contribution in [-0.2, 0) is 0 Å². The van der Waals surface area contributed by atoms with Crippen LogP contribution in [0.15, 0.2) is 47.6 Å². The number of anilines is 1. The first-order chi connectivity index (χ1) is 12.1. The molecule has 0 saturated heterocycles. The van der Waals surface area contributed by atoms with Crippen molar-refractivity contribution >= 4 is 17.9 Å². The fraction of sp³-hybridized carbons (Fsp3) is 0.263.